The molecule has 2 N–H and O–H groups in total. The molecule has 36 heavy (non-hydrogen) atoms. The van der Waals surface area contributed by atoms with Gasteiger partial charge in [0.2, 0.25) is 0 Å². The second kappa shape index (κ2) is 9.31. The van der Waals surface area contributed by atoms with E-state index in [1.54, 1.807) is 23.5 Å². The molecule has 7 nitrogen and oxygen atoms in total. The van der Waals surface area contributed by atoms with Crippen LogP contribution in [0.1, 0.15) is 52.6 Å². The summed E-state index contributed by atoms with van der Waals surface area (Å²) < 4.78 is 15.2. The third-order valence-corrected chi connectivity index (χ3v) is 7.81. The topological polar surface area (TPSA) is 92.4 Å². The van der Waals surface area contributed by atoms with Crippen molar-refractivity contribution in [2.24, 2.45) is 10.9 Å². The second-order valence-corrected chi connectivity index (χ2v) is 10.1. The number of carboxylic acid groups (broad SMARTS) is 1. The van der Waals surface area contributed by atoms with Crippen LogP contribution in [0, 0.1) is 32.5 Å². The zero-order valence-electron chi connectivity index (χ0n) is 20.4. The molecule has 9 heteroatoms. The van der Waals surface area contributed by atoms with Gasteiger partial charge >= 0.3 is 5.97 Å². The molecule has 2 aromatic heterocycles. The Morgan fingerprint density at radius 3 is 2.33 bits per heavy atom. The van der Waals surface area contributed by atoms with Crippen molar-refractivity contribution in [2.75, 3.05) is 5.32 Å². The van der Waals surface area contributed by atoms with Gasteiger partial charge in [-0.15, -0.1) is 21.5 Å². The van der Waals surface area contributed by atoms with E-state index in [0.29, 0.717) is 18.1 Å². The highest BCUT2D eigenvalue weighted by atomic mass is 32.1. The number of carboxylic acids is 1. The summed E-state index contributed by atoms with van der Waals surface area (Å²) in [7, 11) is 0. The van der Waals surface area contributed by atoms with Gasteiger partial charge in [-0.2, -0.15) is 0 Å². The molecule has 0 aliphatic carbocycles. The van der Waals surface area contributed by atoms with Crippen molar-refractivity contribution in [3.63, 3.8) is 0 Å². The molecule has 0 radical (unpaired) electrons. The van der Waals surface area contributed by atoms with Crippen LogP contribution in [0.5, 0.6) is 0 Å². The summed E-state index contributed by atoms with van der Waals surface area (Å²) in [6.07, 6.45) is 0.412. The smallest absolute Gasteiger partial charge is 0.309 e. The van der Waals surface area contributed by atoms with Crippen LogP contribution in [0.2, 0.25) is 0 Å². The van der Waals surface area contributed by atoms with Crippen LogP contribution in [-0.4, -0.2) is 31.6 Å². The van der Waals surface area contributed by atoms with Gasteiger partial charge in [-0.05, 0) is 69.2 Å². The van der Waals surface area contributed by atoms with Crippen molar-refractivity contribution in [3.8, 4) is 5.00 Å². The highest BCUT2D eigenvalue weighted by Crippen LogP contribution is 2.41. The number of benzene rings is 2. The van der Waals surface area contributed by atoms with Crippen LogP contribution in [0.25, 0.3) is 5.00 Å². The normalized spacial score (nSPS) is 15.5. The highest BCUT2D eigenvalue weighted by molar-refractivity contribution is 7.15. The minimum Gasteiger partial charge on any atom is -0.481 e. The van der Waals surface area contributed by atoms with E-state index in [2.05, 4.69) is 29.4 Å². The maximum absolute atomic E-state index is 13.2. The maximum Gasteiger partial charge on any atom is 0.309 e. The second-order valence-electron chi connectivity index (χ2n) is 8.89. The highest BCUT2D eigenvalue weighted by Gasteiger charge is 2.37. The molecule has 1 aliphatic heterocycles. The number of nitrogens with one attached hydrogen (secondary N) is 1. The van der Waals surface area contributed by atoms with E-state index >= 15 is 0 Å². The van der Waals surface area contributed by atoms with E-state index in [9.17, 15) is 14.3 Å². The predicted octanol–water partition coefficient (Wildman–Crippen LogP) is 6.14. The molecule has 3 heterocycles. The summed E-state index contributed by atoms with van der Waals surface area (Å²) >= 11 is 1.64. The van der Waals surface area contributed by atoms with Crippen molar-refractivity contribution in [1.29, 1.82) is 0 Å². The zero-order valence-corrected chi connectivity index (χ0v) is 21.2. The lowest BCUT2D eigenvalue weighted by atomic mass is 9.95. The lowest BCUT2D eigenvalue weighted by Crippen LogP contribution is -2.23. The molecule has 1 unspecified atom stereocenters. The van der Waals surface area contributed by atoms with Gasteiger partial charge in [-0.3, -0.25) is 14.4 Å². The van der Waals surface area contributed by atoms with E-state index < -0.39 is 17.9 Å². The van der Waals surface area contributed by atoms with Crippen molar-refractivity contribution in [3.05, 3.63) is 87.6 Å². The van der Waals surface area contributed by atoms with Crippen molar-refractivity contribution < 1.29 is 14.3 Å². The lowest BCUT2D eigenvalue weighted by molar-refractivity contribution is -0.142. The molecule has 0 saturated heterocycles. The van der Waals surface area contributed by atoms with Crippen molar-refractivity contribution >= 4 is 34.4 Å². The number of hydrogen-bond donors (Lipinski definition) is 2. The van der Waals surface area contributed by atoms with Crippen LogP contribution >= 0.6 is 11.3 Å². The molecular weight excluding hydrogens is 477 g/mol. The number of anilines is 2. The average molecular weight is 504 g/mol. The number of rotatable bonds is 6. The van der Waals surface area contributed by atoms with Gasteiger partial charge in [-0.25, -0.2) is 4.39 Å². The number of aliphatic imine (C=N–C) groups is 1. The zero-order chi connectivity index (χ0) is 25.6. The third-order valence-electron chi connectivity index (χ3n) is 6.62. The fourth-order valence-corrected chi connectivity index (χ4v) is 5.77. The molecule has 0 amide bonds. The monoisotopic (exact) mass is 503 g/mol. The summed E-state index contributed by atoms with van der Waals surface area (Å²) in [5.41, 5.74) is 5.33. The number of halogens is 1. The number of carbonyl (C=O) groups is 1. The summed E-state index contributed by atoms with van der Waals surface area (Å²) in [6, 6.07) is 13.3. The van der Waals surface area contributed by atoms with Gasteiger partial charge in [-0.1, -0.05) is 19.1 Å². The number of aromatic nitrogens is 3. The van der Waals surface area contributed by atoms with Crippen LogP contribution in [0.3, 0.4) is 0 Å². The molecule has 2 atom stereocenters. The fourth-order valence-electron chi connectivity index (χ4n) is 4.56. The van der Waals surface area contributed by atoms with Gasteiger partial charge < -0.3 is 10.4 Å². The molecule has 0 saturated carbocycles. The number of nitrogens with zero attached hydrogens (tertiary/aromatic N) is 4. The van der Waals surface area contributed by atoms with E-state index in [-0.39, 0.29) is 5.82 Å². The summed E-state index contributed by atoms with van der Waals surface area (Å²) in [5.74, 6) is -0.680. The van der Waals surface area contributed by atoms with Crippen LogP contribution < -0.4 is 5.32 Å². The summed E-state index contributed by atoms with van der Waals surface area (Å²) in [6.45, 7) is 7.88. The standard InChI is InChI=1S/C27H26FN5O2S/c1-5-21(27(34)35)24-25-32-31-16(4)33(25)26-22(14(2)15(3)36-26)23(30-24)17-6-10-19(11-7-17)29-20-12-8-18(28)9-13-20/h6-13,21,24,29H,5H2,1-4H3,(H,34,35)/t21-,24?/m0/s1. The SMILES string of the molecule is CC[C@H](C(=O)O)C1N=C(c2ccc(Nc3ccc(F)cc3)cc2)c2c(sc(C)c2C)-n2c(C)nnc21. The van der Waals surface area contributed by atoms with E-state index in [0.717, 1.165) is 43.7 Å². The van der Waals surface area contributed by atoms with Gasteiger partial charge in [0.15, 0.2) is 5.82 Å². The minimum atomic E-state index is -0.908. The molecule has 5 rings (SSSR count). The lowest BCUT2D eigenvalue weighted by Gasteiger charge is -2.19. The Hall–Kier alpha value is -3.85. The molecular formula is C27H26FN5O2S. The number of hydrogen-bond acceptors (Lipinski definition) is 6. The van der Waals surface area contributed by atoms with Crippen LogP contribution in [-0.2, 0) is 4.79 Å². The molecule has 0 spiro atoms. The maximum atomic E-state index is 13.2. The first-order valence-electron chi connectivity index (χ1n) is 11.7. The molecule has 0 fully saturated rings. The quantitative estimate of drug-likeness (QED) is 0.330. The van der Waals surface area contributed by atoms with E-state index in [1.165, 1.54) is 12.1 Å². The largest absolute Gasteiger partial charge is 0.481 e. The van der Waals surface area contributed by atoms with Crippen LogP contribution in [0.15, 0.2) is 53.5 Å². The van der Waals surface area contributed by atoms with E-state index in [4.69, 9.17) is 4.99 Å². The number of aryl methyl sites for hydroxylation is 2. The number of fused-ring (bicyclic) bond motifs is 3. The Bertz CT molecular complexity index is 1470. The average Bonchev–Trinajstić information content (AvgIpc) is 3.32. The fraction of sp³-hybridized carbons (Fsp3) is 0.259. The Kier molecular flexibility index (Phi) is 6.17. The third kappa shape index (κ3) is 4.09. The van der Waals surface area contributed by atoms with Crippen LogP contribution in [0.4, 0.5) is 15.8 Å². The Balaban J connectivity index is 1.64. The summed E-state index contributed by atoms with van der Waals surface area (Å²) in [5, 5.41) is 22.9. The molecule has 2 aromatic carbocycles. The number of aliphatic carboxylic acids is 1. The first-order valence-corrected chi connectivity index (χ1v) is 12.6. The number of thiophene rings is 1. The first-order chi connectivity index (χ1) is 17.3. The minimum absolute atomic E-state index is 0.286. The molecule has 0 bridgehead atoms. The van der Waals surface area contributed by atoms with Crippen molar-refractivity contribution in [1.82, 2.24) is 14.8 Å². The van der Waals surface area contributed by atoms with Crippen molar-refractivity contribution in [2.45, 2.75) is 40.2 Å². The van der Waals surface area contributed by atoms with Gasteiger partial charge in [0.25, 0.3) is 0 Å². The van der Waals surface area contributed by atoms with Gasteiger partial charge in [0.1, 0.15) is 22.7 Å². The Morgan fingerprint density at radius 2 is 1.72 bits per heavy atom. The van der Waals surface area contributed by atoms with Gasteiger partial charge in [0, 0.05) is 27.4 Å². The molecule has 184 valence electrons. The Morgan fingerprint density at radius 1 is 1.08 bits per heavy atom. The molecule has 4 aromatic rings. The predicted molar refractivity (Wildman–Crippen MR) is 139 cm³/mol. The molecule has 1 aliphatic rings. The van der Waals surface area contributed by atoms with Gasteiger partial charge in [0.05, 0.1) is 11.6 Å². The Labute approximate surface area is 212 Å². The van der Waals surface area contributed by atoms with E-state index in [1.807, 2.05) is 42.7 Å². The summed E-state index contributed by atoms with van der Waals surface area (Å²) in [4.78, 5) is 18.5. The first kappa shape index (κ1) is 23.9.